The van der Waals surface area contributed by atoms with Crippen LogP contribution in [0.25, 0.3) is 0 Å². The molecule has 37 heavy (non-hydrogen) atoms. The van der Waals surface area contributed by atoms with Gasteiger partial charge in [-0.3, -0.25) is 9.80 Å². The number of esters is 1. The fourth-order valence-electron chi connectivity index (χ4n) is 4.36. The molecule has 2 aliphatic rings. The smallest absolute Gasteiger partial charge is 0.416 e. The molecule has 0 unspecified atom stereocenters. The van der Waals surface area contributed by atoms with Crippen LogP contribution in [0.3, 0.4) is 0 Å². The number of alkyl halides is 3. The van der Waals surface area contributed by atoms with Crippen molar-refractivity contribution in [1.29, 1.82) is 0 Å². The van der Waals surface area contributed by atoms with E-state index in [2.05, 4.69) is 10.6 Å². The Morgan fingerprint density at radius 2 is 1.73 bits per heavy atom. The van der Waals surface area contributed by atoms with Gasteiger partial charge in [0.05, 0.1) is 23.8 Å². The van der Waals surface area contributed by atoms with E-state index in [-0.39, 0.29) is 41.6 Å². The molecular weight excluding hydrogens is 491 g/mol. The molecule has 0 bridgehead atoms. The summed E-state index contributed by atoms with van der Waals surface area (Å²) in [7, 11) is 1.46. The molecule has 1 aromatic rings. The van der Waals surface area contributed by atoms with Crippen molar-refractivity contribution in [2.24, 2.45) is 0 Å². The number of hydrogen-bond acceptors (Lipinski definition) is 5. The quantitative estimate of drug-likeness (QED) is 0.576. The summed E-state index contributed by atoms with van der Waals surface area (Å²) in [5.74, 6) is -0.797. The zero-order chi connectivity index (χ0) is 27.5. The molecule has 9 nitrogen and oxygen atoms in total. The van der Waals surface area contributed by atoms with Gasteiger partial charge in [-0.25, -0.2) is 14.4 Å². The first-order chi connectivity index (χ1) is 17.2. The maximum absolute atomic E-state index is 13.8. The number of likely N-dealkylation sites (N-methyl/N-ethyl adjacent to an activating group) is 1. The van der Waals surface area contributed by atoms with Gasteiger partial charge in [-0.15, -0.1) is 0 Å². The van der Waals surface area contributed by atoms with Crippen LogP contribution in [0.1, 0.15) is 44.9 Å². The lowest BCUT2D eigenvalue weighted by molar-refractivity contribution is -0.141. The number of nitrogens with zero attached hydrogens (tertiary/aromatic N) is 3. The highest BCUT2D eigenvalue weighted by Gasteiger charge is 2.42. The molecule has 1 atom stereocenters. The molecule has 2 heterocycles. The van der Waals surface area contributed by atoms with Crippen molar-refractivity contribution in [2.45, 2.75) is 45.5 Å². The summed E-state index contributed by atoms with van der Waals surface area (Å²) in [4.78, 5) is 43.3. The zero-order valence-electron chi connectivity index (χ0n) is 21.7. The van der Waals surface area contributed by atoms with Crippen molar-refractivity contribution >= 4 is 18.0 Å². The molecular formula is C25H34F3N5O4. The molecule has 1 aromatic carbocycles. The first-order valence-corrected chi connectivity index (χ1v) is 12.1. The second-order valence-electron chi connectivity index (χ2n) is 10.1. The highest BCUT2D eigenvalue weighted by Crippen LogP contribution is 2.39. The molecule has 204 valence electrons. The van der Waals surface area contributed by atoms with Crippen molar-refractivity contribution in [3.63, 3.8) is 0 Å². The maximum Gasteiger partial charge on any atom is 0.416 e. The van der Waals surface area contributed by atoms with E-state index in [0.29, 0.717) is 26.2 Å². The van der Waals surface area contributed by atoms with E-state index < -0.39 is 29.8 Å². The van der Waals surface area contributed by atoms with Gasteiger partial charge in [0.2, 0.25) is 0 Å². The third-order valence-electron chi connectivity index (χ3n) is 6.16. The molecule has 0 spiro atoms. The molecule has 4 amide bonds. The largest absolute Gasteiger partial charge is 0.463 e. The van der Waals surface area contributed by atoms with Gasteiger partial charge in [0.25, 0.3) is 0 Å². The first kappa shape index (κ1) is 28.3. The number of ether oxygens (including phenoxy) is 1. The fourth-order valence-corrected chi connectivity index (χ4v) is 4.36. The Bertz CT molecular complexity index is 1060. The summed E-state index contributed by atoms with van der Waals surface area (Å²) >= 11 is 0. The van der Waals surface area contributed by atoms with E-state index in [9.17, 15) is 27.6 Å². The van der Waals surface area contributed by atoms with Crippen molar-refractivity contribution in [1.82, 2.24) is 25.3 Å². The second-order valence-corrected chi connectivity index (χ2v) is 10.1. The number of carbonyl (C=O) groups excluding carboxylic acids is 3. The van der Waals surface area contributed by atoms with E-state index in [1.807, 2.05) is 25.7 Å². The van der Waals surface area contributed by atoms with E-state index in [1.165, 1.54) is 30.1 Å². The number of hydrogen-bond donors (Lipinski definition) is 2. The Morgan fingerprint density at radius 1 is 1.11 bits per heavy atom. The zero-order valence-corrected chi connectivity index (χ0v) is 21.7. The van der Waals surface area contributed by atoms with Gasteiger partial charge in [0, 0.05) is 51.0 Å². The maximum atomic E-state index is 13.8. The summed E-state index contributed by atoms with van der Waals surface area (Å²) in [5.41, 5.74) is -1.34. The fraction of sp³-hybridized carbons (Fsp3) is 0.560. The minimum Gasteiger partial charge on any atom is -0.463 e. The van der Waals surface area contributed by atoms with Gasteiger partial charge in [-0.1, -0.05) is 18.2 Å². The minimum atomic E-state index is -4.69. The predicted octanol–water partition coefficient (Wildman–Crippen LogP) is 3.34. The Kier molecular flexibility index (Phi) is 8.41. The molecule has 0 saturated carbocycles. The molecule has 2 aliphatic heterocycles. The third kappa shape index (κ3) is 6.73. The van der Waals surface area contributed by atoms with E-state index in [0.717, 1.165) is 6.07 Å². The van der Waals surface area contributed by atoms with Crippen LogP contribution in [0.4, 0.5) is 22.8 Å². The molecule has 1 saturated heterocycles. The second kappa shape index (κ2) is 11.0. The number of urea groups is 2. The molecule has 0 aromatic heterocycles. The van der Waals surface area contributed by atoms with Gasteiger partial charge < -0.3 is 20.3 Å². The van der Waals surface area contributed by atoms with Crippen LogP contribution in [-0.4, -0.2) is 84.6 Å². The number of nitrogens with one attached hydrogen (secondary N) is 2. The number of amides is 4. The van der Waals surface area contributed by atoms with Crippen LogP contribution < -0.4 is 10.6 Å². The number of halogens is 3. The van der Waals surface area contributed by atoms with Crippen molar-refractivity contribution in [3.8, 4) is 0 Å². The SMILES string of the molecule is CCOC(=O)C1=C(CN2CCN(C(=O)NC(C)(C)C)CC2)N(C)C(=O)N[C@H]1c1ccccc1C(F)(F)F. The number of benzene rings is 1. The summed E-state index contributed by atoms with van der Waals surface area (Å²) in [6, 6.07) is 2.71. The Hall–Kier alpha value is -3.28. The molecule has 0 aliphatic carbocycles. The van der Waals surface area contributed by atoms with Crippen LogP contribution in [0, 0.1) is 0 Å². The molecule has 12 heteroatoms. The van der Waals surface area contributed by atoms with Crippen LogP contribution in [0.5, 0.6) is 0 Å². The predicted molar refractivity (Wildman–Crippen MR) is 130 cm³/mol. The summed E-state index contributed by atoms with van der Waals surface area (Å²) in [6.45, 7) is 9.16. The first-order valence-electron chi connectivity index (χ1n) is 12.1. The average molecular weight is 526 g/mol. The Morgan fingerprint density at radius 3 is 2.30 bits per heavy atom. The minimum absolute atomic E-state index is 0.0163. The normalized spacial score (nSPS) is 19.6. The van der Waals surface area contributed by atoms with Crippen molar-refractivity contribution < 1.29 is 32.3 Å². The van der Waals surface area contributed by atoms with E-state index in [1.54, 1.807) is 11.8 Å². The summed E-state index contributed by atoms with van der Waals surface area (Å²) < 4.78 is 46.7. The lowest BCUT2D eigenvalue weighted by Crippen LogP contribution is -2.56. The highest BCUT2D eigenvalue weighted by atomic mass is 19.4. The topological polar surface area (TPSA) is 94.2 Å². The summed E-state index contributed by atoms with van der Waals surface area (Å²) in [6.07, 6.45) is -4.69. The van der Waals surface area contributed by atoms with Crippen LogP contribution >= 0.6 is 0 Å². The average Bonchev–Trinajstić information content (AvgIpc) is 2.80. The Balaban J connectivity index is 1.94. The monoisotopic (exact) mass is 525 g/mol. The third-order valence-corrected chi connectivity index (χ3v) is 6.16. The number of carbonyl (C=O) groups is 3. The molecule has 0 radical (unpaired) electrons. The lowest BCUT2D eigenvalue weighted by atomic mass is 9.90. The van der Waals surface area contributed by atoms with Gasteiger partial charge in [0.1, 0.15) is 0 Å². The molecule has 2 N–H and O–H groups in total. The van der Waals surface area contributed by atoms with E-state index >= 15 is 0 Å². The van der Waals surface area contributed by atoms with Crippen molar-refractivity contribution in [3.05, 3.63) is 46.7 Å². The van der Waals surface area contributed by atoms with Gasteiger partial charge >= 0.3 is 24.2 Å². The van der Waals surface area contributed by atoms with Crippen LogP contribution in [0.15, 0.2) is 35.5 Å². The highest BCUT2D eigenvalue weighted by molar-refractivity contribution is 5.95. The van der Waals surface area contributed by atoms with Gasteiger partial charge in [-0.2, -0.15) is 13.2 Å². The van der Waals surface area contributed by atoms with Gasteiger partial charge in [0.15, 0.2) is 0 Å². The van der Waals surface area contributed by atoms with Crippen LogP contribution in [-0.2, 0) is 15.7 Å². The van der Waals surface area contributed by atoms with E-state index in [4.69, 9.17) is 4.74 Å². The summed E-state index contributed by atoms with van der Waals surface area (Å²) in [5, 5.41) is 5.46. The number of piperazine rings is 1. The molecule has 1 fully saturated rings. The van der Waals surface area contributed by atoms with Crippen molar-refractivity contribution in [2.75, 3.05) is 46.4 Å². The Labute approximate surface area is 214 Å². The van der Waals surface area contributed by atoms with Crippen LogP contribution in [0.2, 0.25) is 0 Å². The molecule has 3 rings (SSSR count). The standard InChI is InChI=1S/C25H34F3N5O4/c1-6-37-21(34)19-18(15-32-11-13-33(14-12-32)23(36)30-24(2,3)4)31(5)22(35)29-20(19)16-9-7-8-10-17(16)25(26,27)28/h7-10,20H,6,11-15H2,1-5H3,(H,29,35)(H,30,36)/t20-/m0/s1. The lowest BCUT2D eigenvalue weighted by Gasteiger charge is -2.40. The van der Waals surface area contributed by atoms with Gasteiger partial charge in [-0.05, 0) is 39.3 Å². The number of rotatable bonds is 5.